The van der Waals surface area contributed by atoms with Crippen molar-refractivity contribution in [1.29, 1.82) is 5.26 Å². The van der Waals surface area contributed by atoms with Crippen LogP contribution in [-0.4, -0.2) is 58.5 Å². The smallest absolute Gasteiger partial charge is 0.174 e. The van der Waals surface area contributed by atoms with Gasteiger partial charge in [-0.25, -0.2) is 27.5 Å². The lowest BCUT2D eigenvalue weighted by Gasteiger charge is -2.39. The zero-order chi connectivity index (χ0) is 27.0. The number of nitrogens with two attached hydrogens (primary N) is 1. The Morgan fingerprint density at radius 3 is 2.63 bits per heavy atom. The van der Waals surface area contributed by atoms with Crippen LogP contribution < -0.4 is 10.6 Å². The van der Waals surface area contributed by atoms with E-state index in [1.807, 2.05) is 23.1 Å². The molecule has 0 radical (unpaired) electrons. The minimum atomic E-state index is -3.01. The molecule has 1 aromatic carbocycles. The van der Waals surface area contributed by atoms with Crippen molar-refractivity contribution in [2.24, 2.45) is 5.92 Å². The van der Waals surface area contributed by atoms with Crippen molar-refractivity contribution in [2.75, 3.05) is 35.7 Å². The first-order valence-electron chi connectivity index (χ1n) is 11.9. The van der Waals surface area contributed by atoms with Gasteiger partial charge in [0.15, 0.2) is 11.6 Å². The van der Waals surface area contributed by atoms with E-state index < -0.39 is 15.7 Å². The van der Waals surface area contributed by atoms with Gasteiger partial charge in [0.2, 0.25) is 0 Å². The van der Waals surface area contributed by atoms with Gasteiger partial charge in [0.1, 0.15) is 21.3 Å². The van der Waals surface area contributed by atoms with Gasteiger partial charge in [0.25, 0.3) is 0 Å². The van der Waals surface area contributed by atoms with Gasteiger partial charge in [-0.05, 0) is 36.8 Å². The number of rotatable bonds is 7. The molecule has 1 saturated heterocycles. The molecule has 3 aromatic heterocycles. The number of anilines is 2. The lowest BCUT2D eigenvalue weighted by molar-refractivity contribution is 0.440. The second-order valence-corrected chi connectivity index (χ2v) is 11.7. The van der Waals surface area contributed by atoms with E-state index in [1.54, 1.807) is 42.1 Å². The molecule has 0 atom stereocenters. The van der Waals surface area contributed by atoms with Crippen LogP contribution >= 0.6 is 0 Å². The first kappa shape index (κ1) is 25.3. The molecule has 2 N–H and O–H groups in total. The minimum absolute atomic E-state index is 0.104. The molecule has 1 aliphatic rings. The maximum absolute atomic E-state index is 15.0. The first-order chi connectivity index (χ1) is 18.1. The number of pyridine rings is 2. The predicted octanol–water partition coefficient (Wildman–Crippen LogP) is 2.83. The average molecular weight is 533 g/mol. The fourth-order valence-electron chi connectivity index (χ4n) is 4.59. The average Bonchev–Trinajstić information content (AvgIpc) is 3.30. The van der Waals surface area contributed by atoms with E-state index in [9.17, 15) is 13.7 Å². The summed E-state index contributed by atoms with van der Waals surface area (Å²) in [7, 11) is -3.01. The number of aromatic nitrogens is 5. The summed E-state index contributed by atoms with van der Waals surface area (Å²) < 4.78 is 39.6. The minimum Gasteiger partial charge on any atom is -0.381 e. The van der Waals surface area contributed by atoms with E-state index in [1.165, 1.54) is 6.26 Å². The van der Waals surface area contributed by atoms with Crippen LogP contribution in [0.1, 0.15) is 16.8 Å². The highest BCUT2D eigenvalue weighted by Gasteiger charge is 2.30. The van der Waals surface area contributed by atoms with Gasteiger partial charge in [-0.1, -0.05) is 23.4 Å². The van der Waals surface area contributed by atoms with Crippen LogP contribution in [0.25, 0.3) is 22.5 Å². The van der Waals surface area contributed by atoms with E-state index in [4.69, 9.17) is 5.73 Å². The Kier molecular flexibility index (Phi) is 6.54. The molecule has 0 spiro atoms. The molecule has 38 heavy (non-hydrogen) atoms. The molecule has 12 heteroatoms. The Bertz CT molecular complexity index is 1670. The molecule has 0 aliphatic carbocycles. The number of nitrogen functional groups attached to an aromatic ring is 1. The molecule has 0 saturated carbocycles. The molecule has 0 amide bonds. The summed E-state index contributed by atoms with van der Waals surface area (Å²) in [6, 6.07) is 14.6. The maximum Gasteiger partial charge on any atom is 0.174 e. The second-order valence-electron chi connectivity index (χ2n) is 9.50. The number of nitriles is 1. The topological polar surface area (TPSA) is 144 Å². The number of hydrogen-bond acceptors (Lipinski definition) is 9. The lowest BCUT2D eigenvalue weighted by Crippen LogP contribution is -2.50. The van der Waals surface area contributed by atoms with Crippen molar-refractivity contribution < 1.29 is 12.8 Å². The summed E-state index contributed by atoms with van der Waals surface area (Å²) >= 11 is 0. The molecule has 5 rings (SSSR count). The van der Waals surface area contributed by atoms with Crippen molar-refractivity contribution in [2.45, 2.75) is 13.5 Å². The van der Waals surface area contributed by atoms with Gasteiger partial charge < -0.3 is 10.6 Å². The molecule has 10 nitrogen and oxygen atoms in total. The van der Waals surface area contributed by atoms with Crippen LogP contribution in [-0.2, 0) is 16.4 Å². The third kappa shape index (κ3) is 5.19. The van der Waals surface area contributed by atoms with Gasteiger partial charge in [-0.15, -0.1) is 5.10 Å². The molecule has 0 unspecified atom stereocenters. The van der Waals surface area contributed by atoms with E-state index in [0.29, 0.717) is 36.5 Å². The second kappa shape index (κ2) is 9.83. The van der Waals surface area contributed by atoms with Crippen molar-refractivity contribution in [3.8, 4) is 28.6 Å². The Morgan fingerprint density at radius 2 is 1.89 bits per heavy atom. The zero-order valence-electron chi connectivity index (χ0n) is 20.8. The molecule has 1 aliphatic heterocycles. The van der Waals surface area contributed by atoms with E-state index in [0.717, 1.165) is 17.1 Å². The maximum atomic E-state index is 15.0. The lowest BCUT2D eigenvalue weighted by atomic mass is 9.99. The van der Waals surface area contributed by atoms with Gasteiger partial charge in [0.05, 0.1) is 41.5 Å². The van der Waals surface area contributed by atoms with Crippen LogP contribution in [0.2, 0.25) is 0 Å². The van der Waals surface area contributed by atoms with Gasteiger partial charge in [-0.3, -0.25) is 0 Å². The van der Waals surface area contributed by atoms with Crippen LogP contribution in [0.5, 0.6) is 0 Å². The van der Waals surface area contributed by atoms with Crippen LogP contribution in [0, 0.1) is 30.0 Å². The third-order valence-electron chi connectivity index (χ3n) is 6.46. The number of sulfone groups is 1. The van der Waals surface area contributed by atoms with Crippen molar-refractivity contribution in [1.82, 2.24) is 25.0 Å². The van der Waals surface area contributed by atoms with Gasteiger partial charge in [-0.2, -0.15) is 5.26 Å². The van der Waals surface area contributed by atoms with E-state index in [2.05, 4.69) is 26.3 Å². The number of nitrogens with zero attached hydrogens (tertiary/aromatic N) is 7. The molecule has 4 aromatic rings. The monoisotopic (exact) mass is 532 g/mol. The Balaban J connectivity index is 1.36. The fourth-order valence-corrected chi connectivity index (χ4v) is 5.66. The quantitative estimate of drug-likeness (QED) is 0.380. The largest absolute Gasteiger partial charge is 0.381 e. The standard InChI is InChI=1S/C26H25FN8O2S/c1-16-18(10-28)5-3-7-20(16)22-9-21(25(27)26(29)31-22)23-14-35(33-32-23)13-19-6-4-8-24(30-19)34-11-17(12-34)15-38(2,36)37/h3-9,14,17H,11-13,15H2,1-2H3,(H2,29,31). The summed E-state index contributed by atoms with van der Waals surface area (Å²) in [5.74, 6) is 0.0714. The Labute approximate surface area is 219 Å². The molecule has 1 fully saturated rings. The number of benzene rings is 1. The van der Waals surface area contributed by atoms with Crippen LogP contribution in [0.4, 0.5) is 16.0 Å². The normalized spacial score (nSPS) is 13.8. The molecule has 0 bridgehead atoms. The zero-order valence-corrected chi connectivity index (χ0v) is 21.7. The predicted molar refractivity (Wildman–Crippen MR) is 141 cm³/mol. The van der Waals surface area contributed by atoms with Crippen LogP contribution in [0.15, 0.2) is 48.7 Å². The molecule has 4 heterocycles. The molecular weight excluding hydrogens is 507 g/mol. The van der Waals surface area contributed by atoms with E-state index in [-0.39, 0.29) is 28.7 Å². The fraction of sp³-hybridized carbons (Fsp3) is 0.269. The number of halogens is 1. The summed E-state index contributed by atoms with van der Waals surface area (Å²) in [4.78, 5) is 10.9. The summed E-state index contributed by atoms with van der Waals surface area (Å²) in [5.41, 5.74) is 9.39. The summed E-state index contributed by atoms with van der Waals surface area (Å²) in [6.07, 6.45) is 2.86. The Hall–Kier alpha value is -4.37. The SMILES string of the molecule is Cc1c(C#N)cccc1-c1cc(-c2cn(Cc3cccc(N4CC(CS(C)(=O)=O)C4)n3)nn2)c(F)c(N)n1. The highest BCUT2D eigenvalue weighted by atomic mass is 32.2. The highest BCUT2D eigenvalue weighted by molar-refractivity contribution is 7.90. The first-order valence-corrected chi connectivity index (χ1v) is 13.9. The van der Waals surface area contributed by atoms with Gasteiger partial charge in [0, 0.05) is 36.4 Å². The number of hydrogen-bond donors (Lipinski definition) is 1. The third-order valence-corrected chi connectivity index (χ3v) is 7.54. The van der Waals surface area contributed by atoms with E-state index >= 15 is 4.39 Å². The Morgan fingerprint density at radius 1 is 1.13 bits per heavy atom. The molecule has 194 valence electrons. The van der Waals surface area contributed by atoms with Crippen molar-refractivity contribution >= 4 is 21.5 Å². The van der Waals surface area contributed by atoms with Crippen molar-refractivity contribution in [3.63, 3.8) is 0 Å². The summed E-state index contributed by atoms with van der Waals surface area (Å²) in [6.45, 7) is 3.38. The molecular formula is C26H25FN8O2S. The van der Waals surface area contributed by atoms with Gasteiger partial charge >= 0.3 is 0 Å². The van der Waals surface area contributed by atoms with Crippen LogP contribution in [0.3, 0.4) is 0 Å². The summed E-state index contributed by atoms with van der Waals surface area (Å²) in [5, 5.41) is 17.6. The highest BCUT2D eigenvalue weighted by Crippen LogP contribution is 2.31. The van der Waals surface area contributed by atoms with Crippen molar-refractivity contribution in [3.05, 3.63) is 71.3 Å².